The molecule has 40 heavy (non-hydrogen) atoms. The van der Waals surface area contributed by atoms with E-state index in [4.69, 9.17) is 9.72 Å². The topological polar surface area (TPSA) is 83.0 Å². The predicted molar refractivity (Wildman–Crippen MR) is 166 cm³/mol. The van der Waals surface area contributed by atoms with Crippen LogP contribution in [0.4, 0.5) is 10.8 Å². The van der Waals surface area contributed by atoms with Gasteiger partial charge in [0.2, 0.25) is 0 Å². The first-order chi connectivity index (χ1) is 18.8. The van der Waals surface area contributed by atoms with E-state index in [1.807, 2.05) is 45.3 Å². The highest BCUT2D eigenvalue weighted by Gasteiger charge is 2.26. The van der Waals surface area contributed by atoms with E-state index in [2.05, 4.69) is 4.90 Å². The monoisotopic (exact) mass is 602 g/mol. The summed E-state index contributed by atoms with van der Waals surface area (Å²) in [7, 11) is 0.193. The largest absolute Gasteiger partial charge is 0.492 e. The predicted octanol–water partition coefficient (Wildman–Crippen LogP) is 5.93. The zero-order valence-corrected chi connectivity index (χ0v) is 25.6. The number of hydrogen-bond acceptors (Lipinski definition) is 7. The van der Waals surface area contributed by atoms with Crippen LogP contribution in [0, 0.1) is 0 Å². The fraction of sp³-hybridized carbons (Fsp3) is 0.310. The number of fused-ring (bicyclic) bond motifs is 1. The number of carbonyl (C=O) groups excluding carboxylic acids is 1. The number of para-hydroxylation sites is 2. The lowest BCUT2D eigenvalue weighted by atomic mass is 10.2. The summed E-state index contributed by atoms with van der Waals surface area (Å²) in [6.45, 7) is 5.80. The van der Waals surface area contributed by atoms with Crippen LogP contribution < -0.4 is 13.9 Å². The molecule has 4 aromatic rings. The fourth-order valence-corrected chi connectivity index (χ4v) is 6.75. The van der Waals surface area contributed by atoms with Crippen LogP contribution in [0.5, 0.6) is 5.75 Å². The van der Waals surface area contributed by atoms with Gasteiger partial charge < -0.3 is 9.64 Å². The van der Waals surface area contributed by atoms with E-state index >= 15 is 0 Å². The molecular formula is C29H35ClN4O4S2. The molecule has 0 aliphatic carbocycles. The Bertz CT molecular complexity index is 1510. The lowest BCUT2D eigenvalue weighted by Gasteiger charge is -2.23. The van der Waals surface area contributed by atoms with Crippen LogP contribution in [0.1, 0.15) is 30.6 Å². The Morgan fingerprint density at radius 1 is 0.925 bits per heavy atom. The van der Waals surface area contributed by atoms with Crippen molar-refractivity contribution in [1.82, 2.24) is 9.88 Å². The first kappa shape index (κ1) is 31.3. The number of nitrogens with zero attached hydrogens (tertiary/aromatic N) is 4. The number of hydrogen-bond donors (Lipinski definition) is 0. The number of carbonyl (C=O) groups is 1. The summed E-state index contributed by atoms with van der Waals surface area (Å²) in [6.07, 6.45) is 0.752. The molecule has 11 heteroatoms. The standard InChI is InChI=1S/C29H34N4O4S2.ClH/c1-5-33(23-12-8-7-9-13-23)39(35,36)24-18-16-22(17-19-24)28(34)32(21-11-20-31(3)4)29-30-27-25(37-6-2)14-10-15-26(27)38-29;/h7-10,12-19H,5-6,11,20-21H2,1-4H3;1H. The molecular weight excluding hydrogens is 568 g/mol. The molecule has 3 aromatic carbocycles. The molecule has 1 amide bonds. The summed E-state index contributed by atoms with van der Waals surface area (Å²) in [6, 6.07) is 20.9. The van der Waals surface area contributed by atoms with Crippen molar-refractivity contribution in [2.24, 2.45) is 0 Å². The maximum absolute atomic E-state index is 13.8. The normalized spacial score (nSPS) is 11.3. The van der Waals surface area contributed by atoms with Crippen LogP contribution in [0.2, 0.25) is 0 Å². The van der Waals surface area contributed by atoms with E-state index in [1.165, 1.54) is 27.8 Å². The van der Waals surface area contributed by atoms with Crippen molar-refractivity contribution in [2.45, 2.75) is 25.2 Å². The number of halogens is 1. The highest BCUT2D eigenvalue weighted by atomic mass is 35.5. The summed E-state index contributed by atoms with van der Waals surface area (Å²) < 4.78 is 34.8. The van der Waals surface area contributed by atoms with E-state index in [1.54, 1.807) is 48.2 Å². The summed E-state index contributed by atoms with van der Waals surface area (Å²) in [5.74, 6) is 0.455. The third-order valence-electron chi connectivity index (χ3n) is 6.15. The lowest BCUT2D eigenvalue weighted by molar-refractivity contribution is 0.0986. The second kappa shape index (κ2) is 13.9. The van der Waals surface area contributed by atoms with Crippen molar-refractivity contribution in [3.05, 3.63) is 78.4 Å². The molecule has 0 spiro atoms. The van der Waals surface area contributed by atoms with Crippen LogP contribution in [0.3, 0.4) is 0 Å². The Labute approximate surface area is 246 Å². The number of thiazole rings is 1. The first-order valence-corrected chi connectivity index (χ1v) is 15.2. The molecule has 0 atom stereocenters. The van der Waals surface area contributed by atoms with Gasteiger partial charge in [-0.2, -0.15) is 0 Å². The molecule has 214 valence electrons. The molecule has 8 nitrogen and oxygen atoms in total. The summed E-state index contributed by atoms with van der Waals surface area (Å²) in [5.41, 5.74) is 1.71. The second-order valence-corrected chi connectivity index (χ2v) is 12.0. The molecule has 0 saturated carbocycles. The molecule has 1 aromatic heterocycles. The SMILES string of the molecule is CCOc1cccc2sc(N(CCCN(C)C)C(=O)c3ccc(S(=O)(=O)N(CC)c4ccccc4)cc3)nc12.Cl. The minimum Gasteiger partial charge on any atom is -0.492 e. The molecule has 0 aliphatic heterocycles. The minimum absolute atomic E-state index is 0. The molecule has 4 rings (SSSR count). The van der Waals surface area contributed by atoms with Crippen LogP contribution in [0.15, 0.2) is 77.7 Å². The van der Waals surface area contributed by atoms with Gasteiger partial charge >= 0.3 is 0 Å². The smallest absolute Gasteiger partial charge is 0.264 e. The number of ether oxygens (including phenoxy) is 1. The average molecular weight is 603 g/mol. The molecule has 0 radical (unpaired) electrons. The average Bonchev–Trinajstić information content (AvgIpc) is 3.37. The van der Waals surface area contributed by atoms with Crippen molar-refractivity contribution in [1.29, 1.82) is 0 Å². The van der Waals surface area contributed by atoms with Gasteiger partial charge in [0.25, 0.3) is 15.9 Å². The number of benzene rings is 3. The lowest BCUT2D eigenvalue weighted by Crippen LogP contribution is -2.33. The molecule has 0 bridgehead atoms. The minimum atomic E-state index is -3.79. The van der Waals surface area contributed by atoms with Gasteiger partial charge in [-0.3, -0.25) is 14.0 Å². The van der Waals surface area contributed by atoms with Gasteiger partial charge in [-0.05, 0) is 89.4 Å². The number of amides is 1. The van der Waals surface area contributed by atoms with E-state index in [-0.39, 0.29) is 29.8 Å². The van der Waals surface area contributed by atoms with Crippen molar-refractivity contribution in [3.8, 4) is 5.75 Å². The van der Waals surface area contributed by atoms with Crippen molar-refractivity contribution < 1.29 is 17.9 Å². The third-order valence-corrected chi connectivity index (χ3v) is 9.12. The summed E-state index contributed by atoms with van der Waals surface area (Å²) in [5, 5.41) is 0.582. The fourth-order valence-electron chi connectivity index (χ4n) is 4.27. The van der Waals surface area contributed by atoms with E-state index in [0.29, 0.717) is 35.3 Å². The van der Waals surface area contributed by atoms with Crippen LogP contribution in [0.25, 0.3) is 10.2 Å². The van der Waals surface area contributed by atoms with Gasteiger partial charge in [-0.15, -0.1) is 12.4 Å². The molecule has 0 N–H and O–H groups in total. The van der Waals surface area contributed by atoms with Crippen molar-refractivity contribution >= 4 is 60.7 Å². The van der Waals surface area contributed by atoms with Crippen LogP contribution >= 0.6 is 23.7 Å². The number of sulfonamides is 1. The Kier molecular flexibility index (Phi) is 10.9. The Hall–Kier alpha value is -3.18. The number of rotatable bonds is 12. The first-order valence-electron chi connectivity index (χ1n) is 12.9. The zero-order valence-electron chi connectivity index (χ0n) is 23.1. The highest BCUT2D eigenvalue weighted by molar-refractivity contribution is 7.92. The van der Waals surface area contributed by atoms with E-state index < -0.39 is 10.0 Å². The number of aromatic nitrogens is 1. The molecule has 0 aliphatic rings. The molecule has 0 saturated heterocycles. The Balaban J connectivity index is 0.00000441. The molecule has 1 heterocycles. The summed E-state index contributed by atoms with van der Waals surface area (Å²) >= 11 is 1.44. The van der Waals surface area contributed by atoms with Gasteiger partial charge in [0.1, 0.15) is 11.3 Å². The third kappa shape index (κ3) is 6.93. The highest BCUT2D eigenvalue weighted by Crippen LogP contribution is 2.35. The molecule has 0 fully saturated rings. The van der Waals surface area contributed by atoms with Crippen LogP contribution in [-0.4, -0.2) is 64.5 Å². The summed E-state index contributed by atoms with van der Waals surface area (Å²) in [4.78, 5) is 22.4. The van der Waals surface area contributed by atoms with E-state index in [0.717, 1.165) is 23.2 Å². The van der Waals surface area contributed by atoms with Crippen LogP contribution in [-0.2, 0) is 10.0 Å². The second-order valence-electron chi connectivity index (χ2n) is 9.18. The maximum Gasteiger partial charge on any atom is 0.264 e. The van der Waals surface area contributed by atoms with Gasteiger partial charge in [-0.1, -0.05) is 35.6 Å². The maximum atomic E-state index is 13.8. The zero-order chi connectivity index (χ0) is 28.0. The van der Waals surface area contributed by atoms with Gasteiger partial charge in [0.15, 0.2) is 5.13 Å². The van der Waals surface area contributed by atoms with Gasteiger partial charge in [-0.25, -0.2) is 13.4 Å². The molecule has 0 unspecified atom stereocenters. The van der Waals surface area contributed by atoms with Gasteiger partial charge in [0.05, 0.1) is 21.9 Å². The van der Waals surface area contributed by atoms with Crippen molar-refractivity contribution in [2.75, 3.05) is 49.5 Å². The van der Waals surface area contributed by atoms with Crippen molar-refractivity contribution in [3.63, 3.8) is 0 Å². The quantitative estimate of drug-likeness (QED) is 0.200. The Morgan fingerprint density at radius 3 is 2.25 bits per heavy atom. The number of anilines is 2. The Morgan fingerprint density at radius 2 is 1.62 bits per heavy atom. The van der Waals surface area contributed by atoms with E-state index in [9.17, 15) is 13.2 Å². The van der Waals surface area contributed by atoms with Gasteiger partial charge in [0, 0.05) is 18.7 Å².